The van der Waals surface area contributed by atoms with Crippen molar-refractivity contribution < 1.29 is 4.74 Å². The Morgan fingerprint density at radius 3 is 2.68 bits per heavy atom. The molecule has 1 saturated heterocycles. The first-order chi connectivity index (χ1) is 9.17. The van der Waals surface area contributed by atoms with Gasteiger partial charge in [-0.1, -0.05) is 6.07 Å². The molecule has 19 heavy (non-hydrogen) atoms. The van der Waals surface area contributed by atoms with Crippen molar-refractivity contribution >= 4 is 0 Å². The van der Waals surface area contributed by atoms with Gasteiger partial charge in [-0.3, -0.25) is 0 Å². The van der Waals surface area contributed by atoms with Gasteiger partial charge >= 0.3 is 0 Å². The Kier molecular flexibility index (Phi) is 5.23. The van der Waals surface area contributed by atoms with Crippen LogP contribution in [0.5, 0.6) is 5.75 Å². The Balaban J connectivity index is 2.09. The van der Waals surface area contributed by atoms with Crippen LogP contribution in [0.25, 0.3) is 0 Å². The van der Waals surface area contributed by atoms with Gasteiger partial charge in [0.05, 0.1) is 7.11 Å². The second kappa shape index (κ2) is 6.92. The van der Waals surface area contributed by atoms with Crippen LogP contribution >= 0.6 is 0 Å². The molecular formula is C16H26N2O. The number of methoxy groups -OCH3 is 1. The summed E-state index contributed by atoms with van der Waals surface area (Å²) in [5.41, 5.74) is 2.74. The predicted molar refractivity (Wildman–Crippen MR) is 79.7 cm³/mol. The highest BCUT2D eigenvalue weighted by molar-refractivity contribution is 5.34. The van der Waals surface area contributed by atoms with E-state index < -0.39 is 0 Å². The fourth-order valence-corrected chi connectivity index (χ4v) is 2.85. The van der Waals surface area contributed by atoms with Crippen molar-refractivity contribution in [1.29, 1.82) is 0 Å². The minimum absolute atomic E-state index is 0.771. The number of benzene rings is 1. The van der Waals surface area contributed by atoms with E-state index in [1.165, 1.54) is 30.5 Å². The van der Waals surface area contributed by atoms with E-state index in [1.54, 1.807) is 7.11 Å². The molecule has 1 fully saturated rings. The average Bonchev–Trinajstić information content (AvgIpc) is 2.38. The summed E-state index contributed by atoms with van der Waals surface area (Å²) in [4.78, 5) is 2.20. The number of piperidine rings is 1. The molecule has 0 bridgehead atoms. The standard InChI is InChI=1S/C16H26N2O/c1-18(2)12-15-8-14(9-16(10-15)19-3)7-13-5-4-6-17-11-13/h8-10,13,17H,4-7,11-12H2,1-3H3. The Morgan fingerprint density at radius 1 is 1.26 bits per heavy atom. The maximum Gasteiger partial charge on any atom is 0.119 e. The van der Waals surface area contributed by atoms with E-state index in [-0.39, 0.29) is 0 Å². The topological polar surface area (TPSA) is 24.5 Å². The summed E-state index contributed by atoms with van der Waals surface area (Å²) in [5, 5.41) is 3.49. The molecule has 3 nitrogen and oxygen atoms in total. The second-order valence-corrected chi connectivity index (χ2v) is 5.84. The van der Waals surface area contributed by atoms with Crippen LogP contribution in [-0.2, 0) is 13.0 Å². The van der Waals surface area contributed by atoms with Gasteiger partial charge in [-0.25, -0.2) is 0 Å². The van der Waals surface area contributed by atoms with Crippen molar-refractivity contribution in [3.63, 3.8) is 0 Å². The molecule has 3 heteroatoms. The Hall–Kier alpha value is -1.06. The van der Waals surface area contributed by atoms with E-state index in [2.05, 4.69) is 42.5 Å². The Bertz CT molecular complexity index is 398. The smallest absolute Gasteiger partial charge is 0.119 e. The maximum atomic E-state index is 5.43. The first-order valence-corrected chi connectivity index (χ1v) is 7.19. The molecule has 1 unspecified atom stereocenters. The van der Waals surface area contributed by atoms with Crippen LogP contribution in [0.4, 0.5) is 0 Å². The van der Waals surface area contributed by atoms with Crippen LogP contribution in [0.15, 0.2) is 18.2 Å². The minimum atomic E-state index is 0.771. The Labute approximate surface area is 116 Å². The number of hydrogen-bond donors (Lipinski definition) is 1. The zero-order chi connectivity index (χ0) is 13.7. The molecule has 0 amide bonds. The van der Waals surface area contributed by atoms with E-state index in [1.807, 2.05) is 0 Å². The van der Waals surface area contributed by atoms with E-state index in [4.69, 9.17) is 4.74 Å². The number of ether oxygens (including phenoxy) is 1. The van der Waals surface area contributed by atoms with Crippen molar-refractivity contribution in [1.82, 2.24) is 10.2 Å². The molecule has 1 heterocycles. The molecule has 1 aromatic carbocycles. The highest BCUT2D eigenvalue weighted by Gasteiger charge is 2.14. The lowest BCUT2D eigenvalue weighted by Crippen LogP contribution is -2.30. The molecule has 0 saturated carbocycles. The van der Waals surface area contributed by atoms with E-state index in [9.17, 15) is 0 Å². The lowest BCUT2D eigenvalue weighted by molar-refractivity contribution is 0.373. The quantitative estimate of drug-likeness (QED) is 0.881. The molecule has 0 spiro atoms. The molecule has 1 atom stereocenters. The van der Waals surface area contributed by atoms with Crippen molar-refractivity contribution in [2.24, 2.45) is 5.92 Å². The summed E-state index contributed by atoms with van der Waals surface area (Å²) in [6.07, 6.45) is 3.80. The van der Waals surface area contributed by atoms with E-state index >= 15 is 0 Å². The fraction of sp³-hybridized carbons (Fsp3) is 0.625. The van der Waals surface area contributed by atoms with Crippen molar-refractivity contribution in [2.45, 2.75) is 25.8 Å². The summed E-state index contributed by atoms with van der Waals surface area (Å²) < 4.78 is 5.43. The van der Waals surface area contributed by atoms with Crippen LogP contribution in [0.3, 0.4) is 0 Å². The molecule has 1 aromatic rings. The van der Waals surface area contributed by atoms with Gasteiger partial charge < -0.3 is 15.0 Å². The summed E-state index contributed by atoms with van der Waals surface area (Å²) in [5.74, 6) is 1.76. The van der Waals surface area contributed by atoms with Crippen molar-refractivity contribution in [2.75, 3.05) is 34.3 Å². The second-order valence-electron chi connectivity index (χ2n) is 5.84. The molecule has 0 aliphatic carbocycles. The zero-order valence-corrected chi connectivity index (χ0v) is 12.4. The van der Waals surface area contributed by atoms with Crippen LogP contribution in [0.1, 0.15) is 24.0 Å². The largest absolute Gasteiger partial charge is 0.497 e. The maximum absolute atomic E-state index is 5.43. The van der Waals surface area contributed by atoms with Crippen molar-refractivity contribution in [3.05, 3.63) is 29.3 Å². The molecule has 106 valence electrons. The fourth-order valence-electron chi connectivity index (χ4n) is 2.85. The lowest BCUT2D eigenvalue weighted by atomic mass is 9.91. The molecular weight excluding hydrogens is 236 g/mol. The third-order valence-corrected chi connectivity index (χ3v) is 3.68. The first-order valence-electron chi connectivity index (χ1n) is 7.19. The van der Waals surface area contributed by atoms with Gasteiger partial charge in [0, 0.05) is 6.54 Å². The molecule has 1 aliphatic rings. The summed E-state index contributed by atoms with van der Waals surface area (Å²) in [6.45, 7) is 3.30. The highest BCUT2D eigenvalue weighted by atomic mass is 16.5. The third kappa shape index (κ3) is 4.51. The van der Waals surface area contributed by atoms with Crippen LogP contribution in [-0.4, -0.2) is 39.2 Å². The molecule has 0 aromatic heterocycles. The van der Waals surface area contributed by atoms with Gasteiger partial charge in [0.25, 0.3) is 0 Å². The summed E-state index contributed by atoms with van der Waals surface area (Å²) in [6, 6.07) is 6.66. The van der Waals surface area contributed by atoms with E-state index in [0.29, 0.717) is 0 Å². The lowest BCUT2D eigenvalue weighted by Gasteiger charge is -2.23. The molecule has 1 aliphatic heterocycles. The highest BCUT2D eigenvalue weighted by Crippen LogP contribution is 2.22. The minimum Gasteiger partial charge on any atom is -0.497 e. The van der Waals surface area contributed by atoms with Crippen LogP contribution in [0, 0.1) is 5.92 Å². The van der Waals surface area contributed by atoms with Gasteiger partial charge in [0.2, 0.25) is 0 Å². The van der Waals surface area contributed by atoms with Gasteiger partial charge in [-0.15, -0.1) is 0 Å². The van der Waals surface area contributed by atoms with E-state index in [0.717, 1.165) is 31.2 Å². The normalized spacial score (nSPS) is 19.7. The van der Waals surface area contributed by atoms with Gasteiger partial charge in [-0.2, -0.15) is 0 Å². The third-order valence-electron chi connectivity index (χ3n) is 3.68. The first kappa shape index (κ1) is 14.4. The number of nitrogens with one attached hydrogen (secondary N) is 1. The number of hydrogen-bond acceptors (Lipinski definition) is 3. The number of nitrogens with zero attached hydrogens (tertiary/aromatic N) is 1. The average molecular weight is 262 g/mol. The molecule has 2 rings (SSSR count). The number of rotatable bonds is 5. The van der Waals surface area contributed by atoms with Gasteiger partial charge in [-0.05, 0) is 75.6 Å². The molecule has 0 radical (unpaired) electrons. The Morgan fingerprint density at radius 2 is 2.05 bits per heavy atom. The predicted octanol–water partition coefficient (Wildman–Crippen LogP) is 2.30. The van der Waals surface area contributed by atoms with Gasteiger partial charge in [0.15, 0.2) is 0 Å². The van der Waals surface area contributed by atoms with Crippen LogP contribution < -0.4 is 10.1 Å². The SMILES string of the molecule is COc1cc(CC2CCCNC2)cc(CN(C)C)c1. The van der Waals surface area contributed by atoms with Crippen LogP contribution in [0.2, 0.25) is 0 Å². The summed E-state index contributed by atoms with van der Waals surface area (Å²) in [7, 11) is 5.95. The molecule has 1 N–H and O–H groups in total. The zero-order valence-electron chi connectivity index (χ0n) is 12.4. The van der Waals surface area contributed by atoms with Crippen molar-refractivity contribution in [3.8, 4) is 5.75 Å². The summed E-state index contributed by atoms with van der Waals surface area (Å²) >= 11 is 0. The van der Waals surface area contributed by atoms with Gasteiger partial charge in [0.1, 0.15) is 5.75 Å². The monoisotopic (exact) mass is 262 g/mol.